The summed E-state index contributed by atoms with van der Waals surface area (Å²) in [4.78, 5) is 13.9. The fraction of sp³-hybridized carbons (Fsp3) is 0.318. The molecule has 0 N–H and O–H groups in total. The van der Waals surface area contributed by atoms with Gasteiger partial charge in [0.05, 0.1) is 17.7 Å². The monoisotopic (exact) mass is 414 g/mol. The van der Waals surface area contributed by atoms with Gasteiger partial charge in [0.1, 0.15) is 5.75 Å². The molecule has 0 amide bonds. The number of carbonyl (C=O) groups excluding carboxylic acids is 1. The van der Waals surface area contributed by atoms with E-state index >= 15 is 0 Å². The van der Waals surface area contributed by atoms with Crippen molar-refractivity contribution in [1.29, 1.82) is 0 Å². The molecule has 0 radical (unpaired) electrons. The standard InChI is InChI=1S/C22H26N2O4S/c1-3-19(25)12-11-18-7-6-8-20(17-18)29(26,27)24-15-13-23(14-16-24)21-9-4-5-10-22(21)28-2/h4-12,17H,3,13-16H2,1-2H3/b12-11+. The van der Waals surface area contributed by atoms with E-state index in [0.717, 1.165) is 11.4 Å². The van der Waals surface area contributed by atoms with E-state index in [9.17, 15) is 13.2 Å². The zero-order valence-corrected chi connectivity index (χ0v) is 17.6. The van der Waals surface area contributed by atoms with E-state index < -0.39 is 10.0 Å². The number of nitrogens with zero attached hydrogens (tertiary/aromatic N) is 2. The largest absolute Gasteiger partial charge is 0.495 e. The van der Waals surface area contributed by atoms with Crippen LogP contribution in [0.5, 0.6) is 5.75 Å². The minimum absolute atomic E-state index is 0.00530. The smallest absolute Gasteiger partial charge is 0.243 e. The van der Waals surface area contributed by atoms with Crippen molar-refractivity contribution in [2.45, 2.75) is 18.2 Å². The Labute approximate surface area is 172 Å². The summed E-state index contributed by atoms with van der Waals surface area (Å²) in [5.41, 5.74) is 1.67. The lowest BCUT2D eigenvalue weighted by atomic mass is 10.2. The molecule has 1 aliphatic rings. The fourth-order valence-electron chi connectivity index (χ4n) is 3.30. The topological polar surface area (TPSA) is 66.9 Å². The Morgan fingerprint density at radius 3 is 2.48 bits per heavy atom. The van der Waals surface area contributed by atoms with Gasteiger partial charge in [-0.05, 0) is 35.9 Å². The molecule has 0 spiro atoms. The van der Waals surface area contributed by atoms with Gasteiger partial charge in [-0.1, -0.05) is 37.3 Å². The van der Waals surface area contributed by atoms with Gasteiger partial charge in [-0.2, -0.15) is 4.31 Å². The molecule has 154 valence electrons. The summed E-state index contributed by atoms with van der Waals surface area (Å²) in [6.45, 7) is 3.76. The van der Waals surface area contributed by atoms with Crippen LogP contribution in [0.15, 0.2) is 59.5 Å². The predicted molar refractivity (Wildman–Crippen MR) is 115 cm³/mol. The number of hydrogen-bond acceptors (Lipinski definition) is 5. The number of para-hydroxylation sites is 2. The van der Waals surface area contributed by atoms with Crippen molar-refractivity contribution in [2.24, 2.45) is 0 Å². The highest BCUT2D eigenvalue weighted by Gasteiger charge is 2.29. The lowest BCUT2D eigenvalue weighted by Gasteiger charge is -2.36. The van der Waals surface area contributed by atoms with Crippen molar-refractivity contribution in [2.75, 3.05) is 38.2 Å². The zero-order chi connectivity index (χ0) is 20.9. The van der Waals surface area contributed by atoms with Crippen LogP contribution in [0.1, 0.15) is 18.9 Å². The molecule has 0 unspecified atom stereocenters. The normalized spacial score (nSPS) is 15.6. The second kappa shape index (κ2) is 9.24. The number of ketones is 1. The minimum atomic E-state index is -3.59. The third-order valence-corrected chi connectivity index (χ3v) is 6.87. The first kappa shape index (κ1) is 21.1. The highest BCUT2D eigenvalue weighted by Crippen LogP contribution is 2.29. The predicted octanol–water partition coefficient (Wildman–Crippen LogP) is 3.20. The van der Waals surface area contributed by atoms with Crippen molar-refractivity contribution in [3.05, 3.63) is 60.2 Å². The molecule has 1 heterocycles. The number of anilines is 1. The van der Waals surface area contributed by atoms with Crippen LogP contribution in [0.25, 0.3) is 6.08 Å². The van der Waals surface area contributed by atoms with E-state index in [1.807, 2.05) is 24.3 Å². The van der Waals surface area contributed by atoms with Crippen molar-refractivity contribution in [3.63, 3.8) is 0 Å². The molecule has 3 rings (SSSR count). The first-order valence-electron chi connectivity index (χ1n) is 9.65. The highest BCUT2D eigenvalue weighted by atomic mass is 32.2. The number of piperazine rings is 1. The number of benzene rings is 2. The number of ether oxygens (including phenoxy) is 1. The maximum Gasteiger partial charge on any atom is 0.243 e. The third-order valence-electron chi connectivity index (χ3n) is 4.97. The number of rotatable bonds is 7. The number of methoxy groups -OCH3 is 1. The molecule has 6 nitrogen and oxygen atoms in total. The molecule has 0 atom stereocenters. The van der Waals surface area contributed by atoms with Crippen LogP contribution in [0.2, 0.25) is 0 Å². The average Bonchev–Trinajstić information content (AvgIpc) is 2.77. The van der Waals surface area contributed by atoms with Crippen LogP contribution < -0.4 is 9.64 Å². The quantitative estimate of drug-likeness (QED) is 0.651. The molecule has 29 heavy (non-hydrogen) atoms. The van der Waals surface area contributed by atoms with E-state index in [2.05, 4.69) is 4.90 Å². The van der Waals surface area contributed by atoms with Gasteiger partial charge < -0.3 is 9.64 Å². The molecule has 2 aromatic carbocycles. The Kier molecular flexibility index (Phi) is 6.71. The van der Waals surface area contributed by atoms with E-state index in [1.165, 1.54) is 10.4 Å². The minimum Gasteiger partial charge on any atom is -0.495 e. The van der Waals surface area contributed by atoms with Crippen LogP contribution in [0.3, 0.4) is 0 Å². The Balaban J connectivity index is 1.73. The summed E-state index contributed by atoms with van der Waals surface area (Å²) in [5.74, 6) is 0.788. The highest BCUT2D eigenvalue weighted by molar-refractivity contribution is 7.89. The Bertz CT molecular complexity index is 993. The first-order valence-corrected chi connectivity index (χ1v) is 11.1. The average molecular weight is 415 g/mol. The third kappa shape index (κ3) is 4.86. The summed E-state index contributed by atoms with van der Waals surface area (Å²) in [5, 5.41) is 0. The number of allylic oxidation sites excluding steroid dienone is 1. The van der Waals surface area contributed by atoms with Gasteiger partial charge in [-0.3, -0.25) is 4.79 Å². The van der Waals surface area contributed by atoms with Gasteiger partial charge in [0.2, 0.25) is 10.0 Å². The summed E-state index contributed by atoms with van der Waals surface area (Å²) in [6.07, 6.45) is 3.56. The van der Waals surface area contributed by atoms with E-state index in [-0.39, 0.29) is 10.7 Å². The Morgan fingerprint density at radius 1 is 1.07 bits per heavy atom. The number of hydrogen-bond donors (Lipinski definition) is 0. The summed E-state index contributed by atoms with van der Waals surface area (Å²) in [6, 6.07) is 14.5. The van der Waals surface area contributed by atoms with Gasteiger partial charge in [0, 0.05) is 32.6 Å². The van der Waals surface area contributed by atoms with Crippen LogP contribution in [-0.2, 0) is 14.8 Å². The summed E-state index contributed by atoms with van der Waals surface area (Å²) < 4.78 is 33.1. The molecule has 1 fully saturated rings. The molecule has 7 heteroatoms. The van der Waals surface area contributed by atoms with Crippen molar-refractivity contribution < 1.29 is 17.9 Å². The fourth-order valence-corrected chi connectivity index (χ4v) is 4.77. The van der Waals surface area contributed by atoms with Crippen molar-refractivity contribution in [3.8, 4) is 5.75 Å². The lowest BCUT2D eigenvalue weighted by Crippen LogP contribution is -2.48. The second-order valence-corrected chi connectivity index (χ2v) is 8.73. The first-order chi connectivity index (χ1) is 14.0. The Hall–Kier alpha value is -2.64. The van der Waals surface area contributed by atoms with Crippen LogP contribution in [-0.4, -0.2) is 51.8 Å². The van der Waals surface area contributed by atoms with Crippen molar-refractivity contribution in [1.82, 2.24) is 4.31 Å². The Morgan fingerprint density at radius 2 is 1.79 bits per heavy atom. The molecule has 1 saturated heterocycles. The molecular formula is C22H26N2O4S. The van der Waals surface area contributed by atoms with Crippen LogP contribution >= 0.6 is 0 Å². The lowest BCUT2D eigenvalue weighted by molar-refractivity contribution is -0.114. The zero-order valence-electron chi connectivity index (χ0n) is 16.7. The van der Waals surface area contributed by atoms with Gasteiger partial charge in [0.15, 0.2) is 5.78 Å². The summed E-state index contributed by atoms with van der Waals surface area (Å²) >= 11 is 0. The van der Waals surface area contributed by atoms with E-state index in [1.54, 1.807) is 44.4 Å². The number of sulfonamides is 1. The van der Waals surface area contributed by atoms with E-state index in [0.29, 0.717) is 38.2 Å². The van der Waals surface area contributed by atoms with Gasteiger partial charge in [0.25, 0.3) is 0 Å². The molecule has 0 saturated carbocycles. The maximum atomic E-state index is 13.1. The molecular weight excluding hydrogens is 388 g/mol. The molecule has 1 aliphatic heterocycles. The molecule has 0 aliphatic carbocycles. The SMILES string of the molecule is CCC(=O)/C=C/c1cccc(S(=O)(=O)N2CCN(c3ccccc3OC)CC2)c1. The van der Waals surface area contributed by atoms with E-state index in [4.69, 9.17) is 4.74 Å². The van der Waals surface area contributed by atoms with Crippen LogP contribution in [0, 0.1) is 0 Å². The maximum absolute atomic E-state index is 13.1. The summed E-state index contributed by atoms with van der Waals surface area (Å²) in [7, 11) is -1.96. The van der Waals surface area contributed by atoms with Gasteiger partial charge in [-0.25, -0.2) is 8.42 Å². The van der Waals surface area contributed by atoms with Gasteiger partial charge >= 0.3 is 0 Å². The molecule has 0 aromatic heterocycles. The van der Waals surface area contributed by atoms with Crippen molar-refractivity contribution >= 4 is 27.6 Å². The molecule has 2 aromatic rings. The van der Waals surface area contributed by atoms with Gasteiger partial charge in [-0.15, -0.1) is 0 Å². The number of carbonyl (C=O) groups is 1. The van der Waals surface area contributed by atoms with Crippen LogP contribution in [0.4, 0.5) is 5.69 Å². The second-order valence-electron chi connectivity index (χ2n) is 6.79. The molecule has 0 bridgehead atoms.